The van der Waals surface area contributed by atoms with Crippen molar-refractivity contribution in [3.8, 4) is 0 Å². The van der Waals surface area contributed by atoms with Crippen molar-refractivity contribution in [3.05, 3.63) is 46.6 Å². The van der Waals surface area contributed by atoms with E-state index in [4.69, 9.17) is 10.6 Å². The van der Waals surface area contributed by atoms with Gasteiger partial charge >= 0.3 is 5.97 Å². The lowest BCUT2D eigenvalue weighted by Crippen LogP contribution is -2.74. The lowest BCUT2D eigenvalue weighted by Gasteiger charge is -2.53. The van der Waals surface area contributed by atoms with Crippen LogP contribution in [0.2, 0.25) is 0 Å². The van der Waals surface area contributed by atoms with E-state index in [1.54, 1.807) is 29.5 Å². The van der Waals surface area contributed by atoms with Crippen LogP contribution >= 0.6 is 46.6 Å². The fourth-order valence-electron chi connectivity index (χ4n) is 3.93. The number of nitrogens with two attached hydrogens (primary N) is 1. The normalized spacial score (nSPS) is 25.4. The van der Waals surface area contributed by atoms with Crippen molar-refractivity contribution >= 4 is 81.3 Å². The third kappa shape index (κ3) is 5.65. The van der Waals surface area contributed by atoms with E-state index >= 15 is 0 Å². The van der Waals surface area contributed by atoms with Gasteiger partial charge in [-0.25, -0.2) is 4.98 Å². The maximum Gasteiger partial charge on any atom is 0.313 e. The summed E-state index contributed by atoms with van der Waals surface area (Å²) in [6.45, 7) is 0.0744. The Kier molecular flexibility index (Phi) is 8.16. The third-order valence-electron chi connectivity index (χ3n) is 6.17. The molecule has 0 saturated carbocycles. The minimum Gasteiger partial charge on any atom is -0.481 e. The summed E-state index contributed by atoms with van der Waals surface area (Å²) in [5.41, 5.74) is 5.78. The highest BCUT2D eigenvalue weighted by atomic mass is 32.2. The van der Waals surface area contributed by atoms with Crippen LogP contribution in [0.4, 0.5) is 5.13 Å². The van der Waals surface area contributed by atoms with E-state index in [2.05, 4.69) is 20.4 Å². The second-order valence-electron chi connectivity index (χ2n) is 8.88. The number of carbonyl (C=O) groups excluding carboxylic acids is 2. The first-order valence-electron chi connectivity index (χ1n) is 11.5. The SMILES string of the molecule is Nc1nc(C(=NOC2CSC2)C(=O)NC2C(=O)N3CC(CSC=Cc4cccnc4)(C(=O)O)CS[C@H]23)cs1. The Balaban J connectivity index is 1.21. The molecule has 4 N–H and O–H groups in total. The molecular formula is C23H24N6O5S4. The fourth-order valence-corrected chi connectivity index (χ4v) is 7.68. The Morgan fingerprint density at radius 1 is 1.42 bits per heavy atom. The number of rotatable bonds is 10. The van der Waals surface area contributed by atoms with Gasteiger partial charge in [0.15, 0.2) is 10.8 Å². The molecule has 5 heterocycles. The van der Waals surface area contributed by atoms with Crippen molar-refractivity contribution in [2.75, 3.05) is 35.3 Å². The van der Waals surface area contributed by atoms with Gasteiger partial charge in [0.25, 0.3) is 5.91 Å². The maximum absolute atomic E-state index is 13.1. The summed E-state index contributed by atoms with van der Waals surface area (Å²) in [5.74, 6) is 0.316. The minimum atomic E-state index is -1.10. The number of nitrogen functional groups attached to an aromatic ring is 1. The number of hydrogen-bond acceptors (Lipinski definition) is 12. The Bertz CT molecular complexity index is 1270. The number of aliphatic carboxylic acids is 1. The monoisotopic (exact) mass is 592 g/mol. The molecule has 11 nitrogen and oxygen atoms in total. The Labute approximate surface area is 235 Å². The quantitative estimate of drug-likeness (QED) is 0.210. The first-order valence-corrected chi connectivity index (χ1v) is 15.7. The van der Waals surface area contributed by atoms with Crippen LogP contribution in [0.5, 0.6) is 0 Å². The van der Waals surface area contributed by atoms with E-state index in [1.807, 2.05) is 23.6 Å². The molecule has 2 aromatic heterocycles. The first kappa shape index (κ1) is 26.8. The fraction of sp³-hybridized carbons (Fsp3) is 0.391. The van der Waals surface area contributed by atoms with Crippen molar-refractivity contribution in [2.45, 2.75) is 17.5 Å². The van der Waals surface area contributed by atoms with Gasteiger partial charge in [-0.3, -0.25) is 19.4 Å². The van der Waals surface area contributed by atoms with Gasteiger partial charge in [-0.1, -0.05) is 11.2 Å². The Morgan fingerprint density at radius 3 is 2.92 bits per heavy atom. The number of carboxylic acids is 1. The summed E-state index contributed by atoms with van der Waals surface area (Å²) >= 11 is 5.63. The minimum absolute atomic E-state index is 0.0430. The van der Waals surface area contributed by atoms with Gasteiger partial charge < -0.3 is 25.9 Å². The van der Waals surface area contributed by atoms with Crippen LogP contribution in [-0.2, 0) is 19.2 Å². The average molecular weight is 593 g/mol. The van der Waals surface area contributed by atoms with Gasteiger partial charge in [0.1, 0.15) is 28.6 Å². The van der Waals surface area contributed by atoms with Crippen molar-refractivity contribution in [2.24, 2.45) is 10.6 Å². The molecule has 0 aromatic carbocycles. The summed E-state index contributed by atoms with van der Waals surface area (Å²) in [7, 11) is 0. The molecule has 3 aliphatic rings. The number of β-lactam (4-membered cyclic amide) rings is 1. The topological polar surface area (TPSA) is 160 Å². The number of nitrogens with zero attached hydrogens (tertiary/aromatic N) is 4. The van der Waals surface area contributed by atoms with Crippen molar-refractivity contribution in [3.63, 3.8) is 0 Å². The number of nitrogens with one attached hydrogen (secondary N) is 1. The molecule has 2 amide bonds. The molecule has 0 radical (unpaired) electrons. The molecule has 0 bridgehead atoms. The zero-order valence-corrected chi connectivity index (χ0v) is 23.2. The number of fused-ring (bicyclic) bond motifs is 1. The van der Waals surface area contributed by atoms with Crippen molar-refractivity contribution < 1.29 is 24.3 Å². The van der Waals surface area contributed by atoms with E-state index in [0.29, 0.717) is 11.5 Å². The standard InChI is InChI=1S/C23H24N6O5S4/c24-22-26-15(9-37-22)16(28-34-14-7-36-8-14)18(30)27-17-19(31)29-10-23(21(32)33,12-38-20(17)29)11-35-5-3-13-2-1-4-25-6-13/h1-6,9,14,17,20H,7-8,10-12H2,(H2,24,26)(H,27,30)(H,32,33)/t17?,20-,23?/m1/s1. The van der Waals surface area contributed by atoms with Gasteiger partial charge in [-0.05, 0) is 23.1 Å². The highest BCUT2D eigenvalue weighted by Gasteiger charge is 2.57. The molecular weight excluding hydrogens is 569 g/mol. The van der Waals surface area contributed by atoms with Crippen LogP contribution in [-0.4, -0.2) is 90.5 Å². The number of oxime groups is 1. The zero-order valence-electron chi connectivity index (χ0n) is 19.9. The van der Waals surface area contributed by atoms with Crippen molar-refractivity contribution in [1.29, 1.82) is 0 Å². The number of thioether (sulfide) groups is 3. The molecule has 0 spiro atoms. The summed E-state index contributed by atoms with van der Waals surface area (Å²) in [6.07, 6.45) is 5.20. The van der Waals surface area contributed by atoms with Crippen LogP contribution in [0.1, 0.15) is 11.3 Å². The molecule has 38 heavy (non-hydrogen) atoms. The molecule has 3 aliphatic heterocycles. The number of pyridine rings is 1. The Morgan fingerprint density at radius 2 is 2.26 bits per heavy atom. The summed E-state index contributed by atoms with van der Waals surface area (Å²) in [5, 5.41) is 20.2. The third-order valence-corrected chi connectivity index (χ3v) is 10.7. The molecule has 3 fully saturated rings. The maximum atomic E-state index is 13.1. The second-order valence-corrected chi connectivity index (χ2v) is 12.8. The van der Waals surface area contributed by atoms with Crippen LogP contribution in [0.25, 0.3) is 6.08 Å². The summed E-state index contributed by atoms with van der Waals surface area (Å²) in [6, 6.07) is 2.94. The van der Waals surface area contributed by atoms with E-state index in [0.717, 1.165) is 17.1 Å². The highest BCUT2D eigenvalue weighted by molar-refractivity contribution is 8.02. The van der Waals surface area contributed by atoms with Gasteiger partial charge in [0, 0.05) is 47.3 Å². The summed E-state index contributed by atoms with van der Waals surface area (Å²) in [4.78, 5) is 53.6. The molecule has 3 atom stereocenters. The molecule has 2 unspecified atom stereocenters. The number of thiazole rings is 1. The van der Waals surface area contributed by atoms with Gasteiger partial charge in [-0.2, -0.15) is 11.8 Å². The average Bonchev–Trinajstić information content (AvgIpc) is 3.32. The van der Waals surface area contributed by atoms with Gasteiger partial charge in [0.2, 0.25) is 5.91 Å². The summed E-state index contributed by atoms with van der Waals surface area (Å²) < 4.78 is 0. The van der Waals surface area contributed by atoms with Crippen LogP contribution in [0.15, 0.2) is 40.5 Å². The predicted octanol–water partition coefficient (Wildman–Crippen LogP) is 1.83. The number of amides is 2. The molecule has 3 saturated heterocycles. The van der Waals surface area contributed by atoms with Gasteiger partial charge in [0.05, 0.1) is 0 Å². The van der Waals surface area contributed by atoms with E-state index in [1.165, 1.54) is 39.8 Å². The molecule has 5 rings (SSSR count). The Hall–Kier alpha value is -2.75. The second kappa shape index (κ2) is 11.6. The van der Waals surface area contributed by atoms with E-state index in [9.17, 15) is 19.5 Å². The number of hydrogen-bond donors (Lipinski definition) is 3. The molecule has 0 aliphatic carbocycles. The zero-order chi connectivity index (χ0) is 26.7. The van der Waals surface area contributed by atoms with E-state index < -0.39 is 23.3 Å². The number of anilines is 1. The van der Waals surface area contributed by atoms with Crippen LogP contribution < -0.4 is 11.1 Å². The number of carbonyl (C=O) groups is 3. The lowest BCUT2D eigenvalue weighted by molar-refractivity contribution is -0.157. The number of carboxylic acid groups (broad SMARTS) is 1. The van der Waals surface area contributed by atoms with Crippen LogP contribution in [0, 0.1) is 5.41 Å². The van der Waals surface area contributed by atoms with Crippen LogP contribution in [0.3, 0.4) is 0 Å². The molecule has 200 valence electrons. The first-order chi connectivity index (χ1) is 18.4. The highest BCUT2D eigenvalue weighted by Crippen LogP contribution is 2.43. The largest absolute Gasteiger partial charge is 0.481 e. The van der Waals surface area contributed by atoms with E-state index in [-0.39, 0.29) is 40.5 Å². The number of aromatic nitrogens is 2. The molecule has 15 heteroatoms. The lowest BCUT2D eigenvalue weighted by atomic mass is 9.89. The molecule has 2 aromatic rings. The smallest absolute Gasteiger partial charge is 0.313 e. The van der Waals surface area contributed by atoms with Gasteiger partial charge in [-0.15, -0.1) is 34.9 Å². The predicted molar refractivity (Wildman–Crippen MR) is 151 cm³/mol. The van der Waals surface area contributed by atoms with Crippen molar-refractivity contribution in [1.82, 2.24) is 20.2 Å².